The Balaban J connectivity index is 1.53. The highest BCUT2D eigenvalue weighted by Gasteiger charge is 2.17. The number of nitrogens with one attached hydrogen (secondary N) is 2. The molecule has 2 N–H and O–H groups in total. The lowest BCUT2D eigenvalue weighted by Gasteiger charge is -2.07. The third-order valence-corrected chi connectivity index (χ3v) is 4.84. The number of nitro groups is 1. The van der Waals surface area contributed by atoms with Crippen molar-refractivity contribution in [2.75, 3.05) is 0 Å². The van der Waals surface area contributed by atoms with E-state index >= 15 is 0 Å². The zero-order valence-electron chi connectivity index (χ0n) is 16.3. The van der Waals surface area contributed by atoms with Crippen LogP contribution in [0.5, 0.6) is 0 Å². The smallest absolute Gasteiger partial charge is 0.271 e. The van der Waals surface area contributed by atoms with Gasteiger partial charge in [0.25, 0.3) is 17.5 Å². The summed E-state index contributed by atoms with van der Waals surface area (Å²) in [5, 5.41) is 11.6. The van der Waals surface area contributed by atoms with E-state index < -0.39 is 16.7 Å². The first-order valence-corrected chi connectivity index (χ1v) is 9.50. The summed E-state index contributed by atoms with van der Waals surface area (Å²) in [4.78, 5) is 35.4. The van der Waals surface area contributed by atoms with Crippen LogP contribution < -0.4 is 10.9 Å². The fourth-order valence-electron chi connectivity index (χ4n) is 3.35. The van der Waals surface area contributed by atoms with E-state index in [4.69, 9.17) is 0 Å². The van der Waals surface area contributed by atoms with Crippen molar-refractivity contribution in [1.29, 1.82) is 0 Å². The quantitative estimate of drug-likeness (QED) is 0.384. The van der Waals surface area contributed by atoms with Gasteiger partial charge in [0.1, 0.15) is 0 Å². The molecule has 0 unspecified atom stereocenters. The van der Waals surface area contributed by atoms with Gasteiger partial charge >= 0.3 is 0 Å². The Morgan fingerprint density at radius 3 is 2.35 bits per heavy atom. The molecule has 0 atom stereocenters. The number of nitro benzene ring substituents is 1. The second kappa shape index (κ2) is 8.50. The van der Waals surface area contributed by atoms with Gasteiger partial charge in [0.2, 0.25) is 0 Å². The van der Waals surface area contributed by atoms with Gasteiger partial charge in [-0.3, -0.25) is 30.6 Å². The number of hydrazine groups is 1. The predicted octanol–water partition coefficient (Wildman–Crippen LogP) is 3.67. The number of amides is 2. The number of carbonyl (C=O) groups is 2. The molecule has 0 spiro atoms. The molecule has 0 aliphatic rings. The van der Waals surface area contributed by atoms with Crippen molar-refractivity contribution in [3.63, 3.8) is 0 Å². The maximum Gasteiger partial charge on any atom is 0.271 e. The lowest BCUT2D eigenvalue weighted by molar-refractivity contribution is -0.384. The first-order valence-electron chi connectivity index (χ1n) is 9.50. The van der Waals surface area contributed by atoms with Crippen molar-refractivity contribution in [2.45, 2.75) is 6.54 Å². The van der Waals surface area contributed by atoms with Crippen molar-refractivity contribution in [3.05, 3.63) is 112 Å². The van der Waals surface area contributed by atoms with Crippen LogP contribution in [-0.2, 0) is 6.54 Å². The number of para-hydroxylation sites is 1. The first-order chi connectivity index (χ1) is 15.0. The molecular formula is C23H18N4O4. The first kappa shape index (κ1) is 19.8. The van der Waals surface area contributed by atoms with Crippen LogP contribution in [0.1, 0.15) is 26.3 Å². The van der Waals surface area contributed by atoms with Gasteiger partial charge < -0.3 is 4.57 Å². The Hall–Kier alpha value is -4.46. The van der Waals surface area contributed by atoms with E-state index in [0.717, 1.165) is 22.5 Å². The van der Waals surface area contributed by atoms with E-state index in [1.165, 1.54) is 18.2 Å². The number of non-ortho nitro benzene ring substituents is 1. The third kappa shape index (κ3) is 4.27. The van der Waals surface area contributed by atoms with Gasteiger partial charge in [-0.1, -0.05) is 54.6 Å². The van der Waals surface area contributed by atoms with Gasteiger partial charge in [0.15, 0.2) is 0 Å². The molecule has 0 saturated carbocycles. The molecule has 0 fully saturated rings. The molecule has 1 aromatic heterocycles. The number of benzene rings is 3. The van der Waals surface area contributed by atoms with E-state index in [9.17, 15) is 19.7 Å². The molecule has 31 heavy (non-hydrogen) atoms. The highest BCUT2D eigenvalue weighted by molar-refractivity contribution is 6.08. The molecule has 1 heterocycles. The van der Waals surface area contributed by atoms with Crippen LogP contribution >= 0.6 is 0 Å². The molecule has 4 rings (SSSR count). The van der Waals surface area contributed by atoms with Gasteiger partial charge in [-0.2, -0.15) is 0 Å². The molecule has 2 amide bonds. The Labute approximate surface area is 177 Å². The lowest BCUT2D eigenvalue weighted by atomic mass is 10.1. The molecule has 0 radical (unpaired) electrons. The number of fused-ring (bicyclic) bond motifs is 1. The summed E-state index contributed by atoms with van der Waals surface area (Å²) < 4.78 is 1.97. The Morgan fingerprint density at radius 2 is 1.58 bits per heavy atom. The standard InChI is InChI=1S/C23H18N4O4/c28-22(17-9-6-10-18(13-17)27(30)31)24-25-23(29)20-15-26(14-16-7-2-1-3-8-16)21-12-5-4-11-19(20)21/h1-13,15H,14H2,(H,24,28)(H,25,29). The minimum Gasteiger partial charge on any atom is -0.342 e. The highest BCUT2D eigenvalue weighted by Crippen LogP contribution is 2.22. The Kier molecular flexibility index (Phi) is 5.44. The van der Waals surface area contributed by atoms with Gasteiger partial charge in [-0.05, 0) is 17.7 Å². The summed E-state index contributed by atoms with van der Waals surface area (Å²) in [5.74, 6) is -1.13. The predicted molar refractivity (Wildman–Crippen MR) is 116 cm³/mol. The minimum atomic E-state index is -0.648. The molecule has 0 saturated heterocycles. The van der Waals surface area contributed by atoms with E-state index in [1.807, 2.05) is 59.2 Å². The van der Waals surface area contributed by atoms with Gasteiger partial charge in [-0.15, -0.1) is 0 Å². The lowest BCUT2D eigenvalue weighted by Crippen LogP contribution is -2.41. The van der Waals surface area contributed by atoms with E-state index in [0.29, 0.717) is 12.1 Å². The maximum absolute atomic E-state index is 12.8. The van der Waals surface area contributed by atoms with Crippen molar-refractivity contribution in [2.24, 2.45) is 0 Å². The third-order valence-electron chi connectivity index (χ3n) is 4.84. The fourth-order valence-corrected chi connectivity index (χ4v) is 3.35. The van der Waals surface area contributed by atoms with Crippen molar-refractivity contribution in [1.82, 2.24) is 15.4 Å². The Bertz CT molecular complexity index is 1280. The number of nitrogens with zero attached hydrogens (tertiary/aromatic N) is 2. The van der Waals surface area contributed by atoms with E-state index in [1.54, 1.807) is 6.20 Å². The highest BCUT2D eigenvalue weighted by atomic mass is 16.6. The van der Waals surface area contributed by atoms with Gasteiger partial charge in [0, 0.05) is 41.3 Å². The molecule has 3 aromatic carbocycles. The molecule has 0 bridgehead atoms. The Morgan fingerprint density at radius 1 is 0.871 bits per heavy atom. The zero-order valence-corrected chi connectivity index (χ0v) is 16.3. The molecule has 0 aliphatic carbocycles. The van der Waals surface area contributed by atoms with Crippen LogP contribution in [0.2, 0.25) is 0 Å². The van der Waals surface area contributed by atoms with Crippen molar-refractivity contribution in [3.8, 4) is 0 Å². The number of rotatable bonds is 5. The second-order valence-electron chi connectivity index (χ2n) is 6.89. The average Bonchev–Trinajstić information content (AvgIpc) is 3.16. The van der Waals surface area contributed by atoms with Crippen LogP contribution in [0, 0.1) is 10.1 Å². The summed E-state index contributed by atoms with van der Waals surface area (Å²) in [6.07, 6.45) is 1.74. The molecule has 4 aromatic rings. The second-order valence-corrected chi connectivity index (χ2v) is 6.89. The van der Waals surface area contributed by atoms with E-state index in [-0.39, 0.29) is 11.3 Å². The fraction of sp³-hybridized carbons (Fsp3) is 0.0435. The zero-order chi connectivity index (χ0) is 21.8. The minimum absolute atomic E-state index is 0.0704. The molecule has 0 aliphatic heterocycles. The topological polar surface area (TPSA) is 106 Å². The summed E-state index contributed by atoms with van der Waals surface area (Å²) in [7, 11) is 0. The average molecular weight is 414 g/mol. The summed E-state index contributed by atoms with van der Waals surface area (Å²) >= 11 is 0. The van der Waals surface area contributed by atoms with Gasteiger partial charge in [0.05, 0.1) is 10.5 Å². The summed E-state index contributed by atoms with van der Waals surface area (Å²) in [6.45, 7) is 0.592. The summed E-state index contributed by atoms with van der Waals surface area (Å²) in [5.41, 5.74) is 6.97. The number of carbonyl (C=O) groups excluding carboxylic acids is 2. The van der Waals surface area contributed by atoms with Crippen LogP contribution in [0.15, 0.2) is 85.1 Å². The monoisotopic (exact) mass is 414 g/mol. The van der Waals surface area contributed by atoms with Crippen LogP contribution in [0.3, 0.4) is 0 Å². The van der Waals surface area contributed by atoms with Crippen LogP contribution in [-0.4, -0.2) is 21.3 Å². The van der Waals surface area contributed by atoms with Crippen molar-refractivity contribution < 1.29 is 14.5 Å². The summed E-state index contributed by atoms with van der Waals surface area (Å²) in [6, 6.07) is 22.7. The largest absolute Gasteiger partial charge is 0.342 e. The van der Waals surface area contributed by atoms with Gasteiger partial charge in [-0.25, -0.2) is 0 Å². The molecule has 8 heteroatoms. The SMILES string of the molecule is O=C(NNC(=O)c1cn(Cc2ccccc2)c2ccccc12)c1cccc([N+](=O)[O-])c1. The molecular weight excluding hydrogens is 396 g/mol. The van der Waals surface area contributed by atoms with E-state index in [2.05, 4.69) is 10.9 Å². The number of hydrogen-bond acceptors (Lipinski definition) is 4. The number of hydrogen-bond donors (Lipinski definition) is 2. The normalized spacial score (nSPS) is 10.6. The van der Waals surface area contributed by atoms with Crippen LogP contribution in [0.4, 0.5) is 5.69 Å². The maximum atomic E-state index is 12.8. The molecule has 154 valence electrons. The van der Waals surface area contributed by atoms with Crippen molar-refractivity contribution >= 4 is 28.4 Å². The van der Waals surface area contributed by atoms with Crippen LogP contribution in [0.25, 0.3) is 10.9 Å². The number of aromatic nitrogens is 1. The molecule has 8 nitrogen and oxygen atoms in total.